The first kappa shape index (κ1) is 29.2. The summed E-state index contributed by atoms with van der Waals surface area (Å²) in [6, 6.07) is 4.84. The minimum absolute atomic E-state index is 0.0309. The fourth-order valence-corrected chi connectivity index (χ4v) is 6.20. The van der Waals surface area contributed by atoms with Gasteiger partial charge in [-0.25, -0.2) is 19.0 Å². The Labute approximate surface area is 241 Å². The summed E-state index contributed by atoms with van der Waals surface area (Å²) in [7, 11) is 0. The Balaban J connectivity index is 1.43. The fraction of sp³-hybridized carbons (Fsp3) is 0.645. The van der Waals surface area contributed by atoms with E-state index in [2.05, 4.69) is 4.98 Å². The number of aromatic nitrogens is 2. The van der Waals surface area contributed by atoms with E-state index in [9.17, 15) is 9.59 Å². The second-order valence-corrected chi connectivity index (χ2v) is 14.2. The number of rotatable bonds is 1. The topological polar surface area (TPSA) is 97.0 Å². The second-order valence-electron chi connectivity index (χ2n) is 14.2. The molecule has 5 rings (SSSR count). The molecule has 2 saturated heterocycles. The monoisotopic (exact) mass is 570 g/mol. The fourth-order valence-electron chi connectivity index (χ4n) is 6.20. The molecule has 1 unspecified atom stereocenters. The summed E-state index contributed by atoms with van der Waals surface area (Å²) < 4.78 is 33.1. The summed E-state index contributed by atoms with van der Waals surface area (Å²) in [5.74, 6) is 0.869. The number of benzene rings is 1. The van der Waals surface area contributed by atoms with E-state index in [0.29, 0.717) is 62.3 Å². The average molecular weight is 571 g/mol. The largest absolute Gasteiger partial charge is 0.480 e. The van der Waals surface area contributed by atoms with E-state index in [1.807, 2.05) is 55.4 Å². The summed E-state index contributed by atoms with van der Waals surface area (Å²) in [4.78, 5) is 37.8. The number of H-pyrrole nitrogens is 1. The van der Waals surface area contributed by atoms with E-state index in [4.69, 9.17) is 19.2 Å². The molecule has 3 aliphatic rings. The van der Waals surface area contributed by atoms with Crippen molar-refractivity contribution >= 4 is 12.2 Å². The normalized spacial score (nSPS) is 21.5. The first-order chi connectivity index (χ1) is 19.0. The highest BCUT2D eigenvalue weighted by molar-refractivity contribution is 5.74. The number of nitrogens with zero attached hydrogens (tertiary/aromatic N) is 3. The molecule has 1 aromatic heterocycles. The van der Waals surface area contributed by atoms with Gasteiger partial charge in [0.25, 0.3) is 0 Å². The van der Waals surface area contributed by atoms with Gasteiger partial charge in [-0.05, 0) is 80.4 Å². The van der Waals surface area contributed by atoms with Crippen LogP contribution in [0.3, 0.4) is 0 Å². The van der Waals surface area contributed by atoms with Gasteiger partial charge in [0.15, 0.2) is 5.60 Å². The van der Waals surface area contributed by atoms with Crippen LogP contribution < -0.4 is 4.74 Å². The number of fused-ring (bicyclic) bond motifs is 4. The molecule has 2 aromatic rings. The Morgan fingerprint density at radius 1 is 1.02 bits per heavy atom. The van der Waals surface area contributed by atoms with Crippen LogP contribution in [-0.2, 0) is 15.1 Å². The molecular formula is C31H43FN4O5. The summed E-state index contributed by atoms with van der Waals surface area (Å²) in [5.41, 5.74) is -0.715. The number of imidazole rings is 1. The first-order valence-electron chi connectivity index (χ1n) is 14.5. The molecule has 0 saturated carbocycles. The highest BCUT2D eigenvalue weighted by Gasteiger charge is 2.49. The van der Waals surface area contributed by atoms with Gasteiger partial charge in [0.05, 0.1) is 11.3 Å². The Hall–Kier alpha value is -3.30. The SMILES string of the molecule is CC(C)(C)OC(=O)N1CCC2(CC1)Oc1cccc(F)c1-c1nc(C3CCN(C(=O)OC(C)(C)C)C(C)(C)C3)[nH]c12. The van der Waals surface area contributed by atoms with Gasteiger partial charge >= 0.3 is 12.2 Å². The van der Waals surface area contributed by atoms with Gasteiger partial charge in [0.2, 0.25) is 0 Å². The van der Waals surface area contributed by atoms with Gasteiger partial charge in [0, 0.05) is 43.9 Å². The van der Waals surface area contributed by atoms with Crippen LogP contribution in [0.15, 0.2) is 18.2 Å². The third kappa shape index (κ3) is 5.75. The number of likely N-dealkylation sites (tertiary alicyclic amines) is 2. The molecule has 1 atom stereocenters. The average Bonchev–Trinajstić information content (AvgIpc) is 3.28. The molecule has 4 heterocycles. The molecule has 0 radical (unpaired) electrons. The number of amides is 2. The standard InChI is InChI=1S/C31H43FN4O5/c1-28(2,3)40-26(37)35-16-13-31(14-17-35)24-23(22-20(32)10-9-11-21(22)39-31)33-25(34-24)19-12-15-36(30(7,8)18-19)27(38)41-29(4,5)6/h9-11,19H,12-18H2,1-8H3,(H,33,34). The van der Waals surface area contributed by atoms with E-state index >= 15 is 4.39 Å². The van der Waals surface area contributed by atoms with Crippen LogP contribution in [0.25, 0.3) is 11.3 Å². The lowest BCUT2D eigenvalue weighted by Crippen LogP contribution is -2.53. The molecule has 224 valence electrons. The molecule has 41 heavy (non-hydrogen) atoms. The second kappa shape index (κ2) is 9.91. The zero-order valence-electron chi connectivity index (χ0n) is 25.5. The molecule has 2 amide bonds. The molecule has 1 aromatic carbocycles. The summed E-state index contributed by atoms with van der Waals surface area (Å²) in [5, 5.41) is 0. The van der Waals surface area contributed by atoms with E-state index in [0.717, 1.165) is 11.5 Å². The van der Waals surface area contributed by atoms with Crippen molar-refractivity contribution in [3.8, 4) is 17.0 Å². The zero-order valence-corrected chi connectivity index (χ0v) is 25.5. The van der Waals surface area contributed by atoms with Crippen LogP contribution in [0.4, 0.5) is 14.0 Å². The van der Waals surface area contributed by atoms with Gasteiger partial charge in [-0.15, -0.1) is 0 Å². The van der Waals surface area contributed by atoms with Crippen molar-refractivity contribution in [2.24, 2.45) is 0 Å². The van der Waals surface area contributed by atoms with Crippen LogP contribution in [0.1, 0.15) is 98.5 Å². The Morgan fingerprint density at radius 3 is 2.27 bits per heavy atom. The molecule has 2 fully saturated rings. The van der Waals surface area contributed by atoms with Gasteiger partial charge in [-0.2, -0.15) is 0 Å². The highest BCUT2D eigenvalue weighted by atomic mass is 19.1. The molecule has 1 N–H and O–H groups in total. The van der Waals surface area contributed by atoms with E-state index < -0.39 is 22.3 Å². The lowest BCUT2D eigenvalue weighted by Gasteiger charge is -2.45. The van der Waals surface area contributed by atoms with Gasteiger partial charge in [-0.3, -0.25) is 0 Å². The van der Waals surface area contributed by atoms with Crippen molar-refractivity contribution < 1.29 is 28.2 Å². The van der Waals surface area contributed by atoms with Crippen molar-refractivity contribution in [3.63, 3.8) is 0 Å². The maximum absolute atomic E-state index is 15.2. The number of halogens is 1. The van der Waals surface area contributed by atoms with Crippen molar-refractivity contribution in [1.29, 1.82) is 0 Å². The summed E-state index contributed by atoms with van der Waals surface area (Å²) >= 11 is 0. The van der Waals surface area contributed by atoms with Crippen LogP contribution in [0.5, 0.6) is 5.75 Å². The van der Waals surface area contributed by atoms with Crippen LogP contribution >= 0.6 is 0 Å². The predicted molar refractivity (Wildman–Crippen MR) is 152 cm³/mol. The minimum Gasteiger partial charge on any atom is -0.480 e. The lowest BCUT2D eigenvalue weighted by atomic mass is 9.82. The van der Waals surface area contributed by atoms with E-state index in [1.165, 1.54) is 6.07 Å². The maximum Gasteiger partial charge on any atom is 0.410 e. The highest BCUT2D eigenvalue weighted by Crippen LogP contribution is 2.50. The van der Waals surface area contributed by atoms with Crippen molar-refractivity contribution in [2.75, 3.05) is 19.6 Å². The maximum atomic E-state index is 15.2. The summed E-state index contributed by atoms with van der Waals surface area (Å²) in [6.45, 7) is 16.6. The number of hydrogen-bond donors (Lipinski definition) is 1. The quantitative estimate of drug-likeness (QED) is 0.409. The first-order valence-corrected chi connectivity index (χ1v) is 14.5. The number of piperidine rings is 2. The van der Waals surface area contributed by atoms with Crippen molar-refractivity contribution in [2.45, 2.75) is 109 Å². The van der Waals surface area contributed by atoms with Gasteiger partial charge in [-0.1, -0.05) is 6.07 Å². The van der Waals surface area contributed by atoms with E-state index in [-0.39, 0.29) is 23.9 Å². The minimum atomic E-state index is -0.771. The Bertz CT molecular complexity index is 1330. The van der Waals surface area contributed by atoms with Crippen LogP contribution in [0.2, 0.25) is 0 Å². The Kier molecular flexibility index (Phi) is 7.06. The third-order valence-corrected chi connectivity index (χ3v) is 8.10. The molecule has 0 bridgehead atoms. The van der Waals surface area contributed by atoms with Crippen LogP contribution in [-0.4, -0.2) is 68.3 Å². The molecule has 3 aliphatic heterocycles. The van der Waals surface area contributed by atoms with Gasteiger partial charge < -0.3 is 29.0 Å². The molecule has 0 aliphatic carbocycles. The molecule has 1 spiro atoms. The number of carbonyl (C=O) groups is 2. The molecular weight excluding hydrogens is 527 g/mol. The number of hydrogen-bond acceptors (Lipinski definition) is 6. The Morgan fingerprint density at radius 2 is 1.66 bits per heavy atom. The number of nitrogens with one attached hydrogen (secondary N) is 1. The zero-order chi connectivity index (χ0) is 30.0. The third-order valence-electron chi connectivity index (χ3n) is 8.10. The molecule has 9 nitrogen and oxygen atoms in total. The number of carbonyl (C=O) groups excluding carboxylic acids is 2. The van der Waals surface area contributed by atoms with Crippen molar-refractivity contribution in [1.82, 2.24) is 19.8 Å². The van der Waals surface area contributed by atoms with E-state index in [1.54, 1.807) is 21.9 Å². The number of aromatic amines is 1. The summed E-state index contributed by atoms with van der Waals surface area (Å²) in [6.07, 6.45) is 1.72. The van der Waals surface area contributed by atoms with Gasteiger partial charge in [0.1, 0.15) is 34.3 Å². The predicted octanol–water partition coefficient (Wildman–Crippen LogP) is 6.73. The van der Waals surface area contributed by atoms with Crippen molar-refractivity contribution in [3.05, 3.63) is 35.5 Å². The lowest BCUT2D eigenvalue weighted by molar-refractivity contribution is -0.0238. The number of ether oxygens (including phenoxy) is 3. The smallest absolute Gasteiger partial charge is 0.410 e. The van der Waals surface area contributed by atoms with Crippen LogP contribution in [0, 0.1) is 5.82 Å². The molecule has 10 heteroatoms.